The van der Waals surface area contributed by atoms with Crippen molar-refractivity contribution < 1.29 is 0 Å². The number of nitrogens with zero attached hydrogens (tertiary/aromatic N) is 4. The van der Waals surface area contributed by atoms with Gasteiger partial charge >= 0.3 is 0 Å². The lowest BCUT2D eigenvalue weighted by atomic mass is 10.0. The molecule has 1 aliphatic carbocycles. The maximum absolute atomic E-state index is 6.00. The van der Waals surface area contributed by atoms with Crippen LogP contribution in [0.4, 0.5) is 0 Å². The van der Waals surface area contributed by atoms with Crippen molar-refractivity contribution in [3.8, 4) is 11.4 Å². The fourth-order valence-corrected chi connectivity index (χ4v) is 2.63. The molecule has 0 radical (unpaired) electrons. The number of benzene rings is 1. The van der Waals surface area contributed by atoms with Gasteiger partial charge in [0.1, 0.15) is 4.33 Å². The second kappa shape index (κ2) is 5.01. The average molecular weight is 311 g/mol. The van der Waals surface area contributed by atoms with E-state index in [1.54, 1.807) is 4.80 Å². The molecule has 1 atom stereocenters. The third-order valence-electron chi connectivity index (χ3n) is 3.63. The van der Waals surface area contributed by atoms with Crippen LogP contribution in [-0.4, -0.2) is 24.5 Å². The van der Waals surface area contributed by atoms with Crippen molar-refractivity contribution in [2.45, 2.75) is 37.1 Å². The maximum Gasteiger partial charge on any atom is 0.204 e. The summed E-state index contributed by atoms with van der Waals surface area (Å²) in [7, 11) is 0. The van der Waals surface area contributed by atoms with Gasteiger partial charge in [0, 0.05) is 11.5 Å². The van der Waals surface area contributed by atoms with Crippen molar-refractivity contribution >= 4 is 23.2 Å². The molecular formula is C14H16Cl2N4. The smallest absolute Gasteiger partial charge is 0.163 e. The van der Waals surface area contributed by atoms with Gasteiger partial charge in [0.25, 0.3) is 0 Å². The first-order valence-corrected chi connectivity index (χ1v) is 7.47. The molecule has 4 nitrogen and oxygen atoms in total. The van der Waals surface area contributed by atoms with Gasteiger partial charge in [-0.25, -0.2) is 0 Å². The SMILES string of the molecule is CC(C)c1ccc(-c2nnn(CC3CC3(Cl)Cl)n2)cc1. The lowest BCUT2D eigenvalue weighted by Gasteiger charge is -2.04. The Labute approximate surface area is 128 Å². The lowest BCUT2D eigenvalue weighted by Crippen LogP contribution is -2.07. The van der Waals surface area contributed by atoms with E-state index in [2.05, 4.69) is 41.4 Å². The molecule has 1 unspecified atom stereocenters. The molecule has 106 valence electrons. The van der Waals surface area contributed by atoms with E-state index in [4.69, 9.17) is 23.2 Å². The first kappa shape index (κ1) is 13.8. The summed E-state index contributed by atoms with van der Waals surface area (Å²) in [6.45, 7) is 4.96. The number of halogens is 2. The quantitative estimate of drug-likeness (QED) is 0.809. The molecule has 1 aliphatic rings. The van der Waals surface area contributed by atoms with Crippen LogP contribution in [0.1, 0.15) is 31.7 Å². The van der Waals surface area contributed by atoms with E-state index in [1.165, 1.54) is 5.56 Å². The largest absolute Gasteiger partial charge is 0.204 e. The number of hydrogen-bond acceptors (Lipinski definition) is 3. The molecule has 20 heavy (non-hydrogen) atoms. The number of rotatable bonds is 4. The van der Waals surface area contributed by atoms with Crippen molar-refractivity contribution in [3.05, 3.63) is 29.8 Å². The van der Waals surface area contributed by atoms with E-state index in [0.29, 0.717) is 18.3 Å². The van der Waals surface area contributed by atoms with Crippen LogP contribution in [0.3, 0.4) is 0 Å². The Kier molecular flexibility index (Phi) is 3.46. The highest BCUT2D eigenvalue weighted by Gasteiger charge is 2.52. The fraction of sp³-hybridized carbons (Fsp3) is 0.500. The standard InChI is InChI=1S/C14H16Cl2N4/c1-9(2)10-3-5-11(6-4-10)13-17-19-20(18-13)8-12-7-14(12,15)16/h3-6,9,12H,7-8H2,1-2H3. The Morgan fingerprint density at radius 2 is 1.95 bits per heavy atom. The Morgan fingerprint density at radius 3 is 2.50 bits per heavy atom. The Balaban J connectivity index is 1.73. The number of tetrazole rings is 1. The summed E-state index contributed by atoms with van der Waals surface area (Å²) in [4.78, 5) is 1.57. The van der Waals surface area contributed by atoms with Gasteiger partial charge in [-0.05, 0) is 23.1 Å². The number of alkyl halides is 2. The van der Waals surface area contributed by atoms with E-state index in [0.717, 1.165) is 12.0 Å². The molecule has 6 heteroatoms. The molecule has 1 saturated carbocycles. The maximum atomic E-state index is 6.00. The summed E-state index contributed by atoms with van der Waals surface area (Å²) in [6.07, 6.45) is 0.788. The molecule has 0 amide bonds. The van der Waals surface area contributed by atoms with Crippen LogP contribution in [0.5, 0.6) is 0 Å². The van der Waals surface area contributed by atoms with E-state index in [-0.39, 0.29) is 5.92 Å². The number of hydrogen-bond donors (Lipinski definition) is 0. The highest BCUT2D eigenvalue weighted by molar-refractivity contribution is 6.50. The van der Waals surface area contributed by atoms with E-state index < -0.39 is 4.33 Å². The molecule has 1 heterocycles. The van der Waals surface area contributed by atoms with Gasteiger partial charge in [0.2, 0.25) is 5.82 Å². The van der Waals surface area contributed by atoms with Crippen LogP contribution in [-0.2, 0) is 6.54 Å². The monoisotopic (exact) mass is 310 g/mol. The topological polar surface area (TPSA) is 43.6 Å². The van der Waals surface area contributed by atoms with Gasteiger partial charge in [-0.1, -0.05) is 38.1 Å². The molecule has 0 bridgehead atoms. The minimum Gasteiger partial charge on any atom is -0.163 e. The van der Waals surface area contributed by atoms with Gasteiger partial charge in [-0.2, -0.15) is 4.80 Å². The zero-order valence-electron chi connectivity index (χ0n) is 11.4. The molecule has 0 saturated heterocycles. The summed E-state index contributed by atoms with van der Waals surface area (Å²) in [5, 5.41) is 12.5. The van der Waals surface area contributed by atoms with Crippen LogP contribution in [0.2, 0.25) is 0 Å². The van der Waals surface area contributed by atoms with Crippen LogP contribution in [0.25, 0.3) is 11.4 Å². The van der Waals surface area contributed by atoms with E-state index in [9.17, 15) is 0 Å². The lowest BCUT2D eigenvalue weighted by molar-refractivity contribution is 0.484. The molecule has 0 spiro atoms. The van der Waals surface area contributed by atoms with Crippen molar-refractivity contribution in [1.82, 2.24) is 20.2 Å². The molecule has 2 aromatic rings. The van der Waals surface area contributed by atoms with Gasteiger partial charge in [0.05, 0.1) is 6.54 Å². The number of aromatic nitrogens is 4. The van der Waals surface area contributed by atoms with E-state index in [1.807, 2.05) is 12.1 Å². The summed E-state index contributed by atoms with van der Waals surface area (Å²) in [5.74, 6) is 1.37. The Hall–Kier alpha value is -1.13. The second-order valence-electron chi connectivity index (χ2n) is 5.61. The molecule has 1 aromatic carbocycles. The third kappa shape index (κ3) is 2.81. The molecule has 0 N–H and O–H groups in total. The minimum atomic E-state index is -0.604. The summed E-state index contributed by atoms with van der Waals surface area (Å²) in [5.41, 5.74) is 2.27. The van der Waals surface area contributed by atoms with Crippen LogP contribution >= 0.6 is 23.2 Å². The minimum absolute atomic E-state index is 0.219. The van der Waals surface area contributed by atoms with Crippen molar-refractivity contribution in [1.29, 1.82) is 0 Å². The zero-order chi connectivity index (χ0) is 14.3. The molecule has 3 rings (SSSR count). The third-order valence-corrected chi connectivity index (χ3v) is 4.55. The van der Waals surface area contributed by atoms with Crippen molar-refractivity contribution in [3.63, 3.8) is 0 Å². The van der Waals surface area contributed by atoms with Gasteiger partial charge < -0.3 is 0 Å². The predicted octanol–water partition coefficient (Wildman–Crippen LogP) is 3.66. The van der Waals surface area contributed by atoms with Crippen LogP contribution < -0.4 is 0 Å². The first-order valence-electron chi connectivity index (χ1n) is 6.71. The molecule has 1 fully saturated rings. The zero-order valence-corrected chi connectivity index (χ0v) is 12.9. The average Bonchev–Trinajstić information content (AvgIpc) is 2.82. The highest BCUT2D eigenvalue weighted by Crippen LogP contribution is 2.53. The van der Waals surface area contributed by atoms with Gasteiger partial charge in [-0.15, -0.1) is 33.4 Å². The second-order valence-corrected chi connectivity index (χ2v) is 7.15. The van der Waals surface area contributed by atoms with E-state index >= 15 is 0 Å². The highest BCUT2D eigenvalue weighted by atomic mass is 35.5. The summed E-state index contributed by atoms with van der Waals surface area (Å²) < 4.78 is -0.604. The Morgan fingerprint density at radius 1 is 1.30 bits per heavy atom. The fourth-order valence-electron chi connectivity index (χ4n) is 2.12. The molecule has 0 aliphatic heterocycles. The van der Waals surface area contributed by atoms with Gasteiger partial charge in [0.15, 0.2) is 0 Å². The molecule has 1 aromatic heterocycles. The van der Waals surface area contributed by atoms with Crippen molar-refractivity contribution in [2.75, 3.05) is 0 Å². The first-order chi connectivity index (χ1) is 9.45. The van der Waals surface area contributed by atoms with Crippen LogP contribution in [0.15, 0.2) is 24.3 Å². The Bertz CT molecular complexity index is 604. The van der Waals surface area contributed by atoms with Gasteiger partial charge in [-0.3, -0.25) is 0 Å². The normalized spacial score (nSPS) is 20.4. The van der Waals surface area contributed by atoms with Crippen molar-refractivity contribution in [2.24, 2.45) is 5.92 Å². The predicted molar refractivity (Wildman–Crippen MR) is 79.9 cm³/mol. The van der Waals surface area contributed by atoms with Crippen LogP contribution in [0, 0.1) is 5.92 Å². The molecular weight excluding hydrogens is 295 g/mol. The summed E-state index contributed by atoms with van der Waals surface area (Å²) >= 11 is 12.0. The summed E-state index contributed by atoms with van der Waals surface area (Å²) in [6, 6.07) is 8.26.